The Labute approximate surface area is 143 Å². The van der Waals surface area contributed by atoms with E-state index in [1.807, 2.05) is 4.90 Å². The monoisotopic (exact) mass is 346 g/mol. The van der Waals surface area contributed by atoms with Gasteiger partial charge in [0.25, 0.3) is 5.91 Å². The van der Waals surface area contributed by atoms with E-state index in [1.54, 1.807) is 12.1 Å². The number of piperidine rings is 1. The molecule has 0 saturated carbocycles. The van der Waals surface area contributed by atoms with E-state index >= 15 is 0 Å². The van der Waals surface area contributed by atoms with Crippen LogP contribution < -0.4 is 11.1 Å². The quantitative estimate of drug-likeness (QED) is 0.798. The molecule has 0 bridgehead atoms. The summed E-state index contributed by atoms with van der Waals surface area (Å²) in [4.78, 5) is 25.3. The number of nitrogens with zero attached hydrogens (tertiary/aromatic N) is 4. The normalized spacial score (nSPS) is 18.0. The maximum absolute atomic E-state index is 13.0. The summed E-state index contributed by atoms with van der Waals surface area (Å²) in [6.45, 7) is 1.55. The molecule has 9 heteroatoms. The molecule has 1 aliphatic heterocycles. The third-order valence-corrected chi connectivity index (χ3v) is 4.04. The number of nitrogens with one attached hydrogen (secondary N) is 1. The lowest BCUT2D eigenvalue weighted by Gasteiger charge is -2.32. The van der Waals surface area contributed by atoms with Gasteiger partial charge in [-0.3, -0.25) is 14.5 Å². The SMILES string of the molecule is NC(=O)CN1CCC[C@@H](NC(=O)c2cn(-c3ccc(F)cc3)nn2)C1. The van der Waals surface area contributed by atoms with Gasteiger partial charge in [-0.05, 0) is 43.7 Å². The van der Waals surface area contributed by atoms with Crippen molar-refractivity contribution < 1.29 is 14.0 Å². The molecule has 3 N–H and O–H groups in total. The molecule has 1 aromatic heterocycles. The van der Waals surface area contributed by atoms with Gasteiger partial charge in [-0.1, -0.05) is 5.21 Å². The number of carbonyl (C=O) groups excluding carboxylic acids is 2. The van der Waals surface area contributed by atoms with E-state index in [9.17, 15) is 14.0 Å². The van der Waals surface area contributed by atoms with Crippen LogP contribution in [0.2, 0.25) is 0 Å². The largest absolute Gasteiger partial charge is 0.369 e. The lowest BCUT2D eigenvalue weighted by molar-refractivity contribution is -0.119. The fourth-order valence-corrected chi connectivity index (χ4v) is 2.88. The van der Waals surface area contributed by atoms with Crippen LogP contribution in [0.3, 0.4) is 0 Å². The van der Waals surface area contributed by atoms with Crippen molar-refractivity contribution in [1.82, 2.24) is 25.2 Å². The van der Waals surface area contributed by atoms with Crippen molar-refractivity contribution in [2.45, 2.75) is 18.9 Å². The Balaban J connectivity index is 1.62. The van der Waals surface area contributed by atoms with E-state index in [0.29, 0.717) is 12.2 Å². The predicted octanol–water partition coefficient (Wildman–Crippen LogP) is 0.0859. The molecule has 0 radical (unpaired) electrons. The number of hydrogen-bond acceptors (Lipinski definition) is 5. The first-order valence-corrected chi connectivity index (χ1v) is 8.01. The highest BCUT2D eigenvalue weighted by atomic mass is 19.1. The smallest absolute Gasteiger partial charge is 0.273 e. The van der Waals surface area contributed by atoms with E-state index in [0.717, 1.165) is 19.4 Å². The van der Waals surface area contributed by atoms with Crippen molar-refractivity contribution in [1.29, 1.82) is 0 Å². The zero-order valence-electron chi connectivity index (χ0n) is 13.6. The maximum Gasteiger partial charge on any atom is 0.273 e. The van der Waals surface area contributed by atoms with Crippen LogP contribution in [-0.2, 0) is 4.79 Å². The molecule has 132 valence electrons. The van der Waals surface area contributed by atoms with Gasteiger partial charge in [-0.25, -0.2) is 9.07 Å². The van der Waals surface area contributed by atoms with Gasteiger partial charge in [-0.15, -0.1) is 5.10 Å². The first kappa shape index (κ1) is 17.0. The van der Waals surface area contributed by atoms with Gasteiger partial charge < -0.3 is 11.1 Å². The topological polar surface area (TPSA) is 106 Å². The van der Waals surface area contributed by atoms with Crippen molar-refractivity contribution in [2.75, 3.05) is 19.6 Å². The average Bonchev–Trinajstić information content (AvgIpc) is 3.05. The fraction of sp³-hybridized carbons (Fsp3) is 0.375. The fourth-order valence-electron chi connectivity index (χ4n) is 2.88. The van der Waals surface area contributed by atoms with Gasteiger partial charge in [0.15, 0.2) is 5.69 Å². The van der Waals surface area contributed by atoms with Crippen molar-refractivity contribution in [3.8, 4) is 5.69 Å². The first-order valence-electron chi connectivity index (χ1n) is 8.01. The minimum absolute atomic E-state index is 0.0726. The van der Waals surface area contributed by atoms with Crippen LogP contribution >= 0.6 is 0 Å². The zero-order chi connectivity index (χ0) is 17.8. The summed E-state index contributed by atoms with van der Waals surface area (Å²) in [5.74, 6) is -1.06. The van der Waals surface area contributed by atoms with Gasteiger partial charge in [0.2, 0.25) is 5.91 Å². The lowest BCUT2D eigenvalue weighted by Crippen LogP contribution is -2.49. The second-order valence-electron chi connectivity index (χ2n) is 6.04. The number of carbonyl (C=O) groups is 2. The Hall–Kier alpha value is -2.81. The third-order valence-electron chi connectivity index (χ3n) is 4.04. The second kappa shape index (κ2) is 7.39. The maximum atomic E-state index is 13.0. The number of primary amides is 1. The molecule has 0 unspecified atom stereocenters. The summed E-state index contributed by atoms with van der Waals surface area (Å²) in [5.41, 5.74) is 6.00. The summed E-state index contributed by atoms with van der Waals surface area (Å²) in [7, 11) is 0. The Morgan fingerprint density at radius 3 is 2.80 bits per heavy atom. The summed E-state index contributed by atoms with van der Waals surface area (Å²) in [6, 6.07) is 5.65. The number of nitrogens with two attached hydrogens (primary N) is 1. The highest BCUT2D eigenvalue weighted by Crippen LogP contribution is 2.11. The van der Waals surface area contributed by atoms with Crippen molar-refractivity contribution in [3.63, 3.8) is 0 Å². The minimum atomic E-state index is -0.380. The third kappa shape index (κ3) is 4.38. The van der Waals surface area contributed by atoms with Crippen LogP contribution in [0.25, 0.3) is 5.69 Å². The molecule has 1 saturated heterocycles. The Morgan fingerprint density at radius 2 is 2.08 bits per heavy atom. The summed E-state index contributed by atoms with van der Waals surface area (Å²) in [5, 5.41) is 10.7. The molecular weight excluding hydrogens is 327 g/mol. The molecular formula is C16H19FN6O2. The molecule has 0 spiro atoms. The number of halogens is 1. The minimum Gasteiger partial charge on any atom is -0.369 e. The summed E-state index contributed by atoms with van der Waals surface area (Å²) < 4.78 is 14.4. The van der Waals surface area contributed by atoms with Crippen LogP contribution in [0.15, 0.2) is 30.5 Å². The molecule has 2 heterocycles. The number of hydrogen-bond donors (Lipinski definition) is 2. The zero-order valence-corrected chi connectivity index (χ0v) is 13.6. The van der Waals surface area contributed by atoms with Crippen LogP contribution in [0.1, 0.15) is 23.3 Å². The van der Waals surface area contributed by atoms with Gasteiger partial charge in [0.05, 0.1) is 18.4 Å². The van der Waals surface area contributed by atoms with Gasteiger partial charge in [-0.2, -0.15) is 0 Å². The number of rotatable bonds is 5. The molecule has 0 aliphatic carbocycles. The summed E-state index contributed by atoms with van der Waals surface area (Å²) >= 11 is 0. The second-order valence-corrected chi connectivity index (χ2v) is 6.04. The Kier molecular flexibility index (Phi) is 5.03. The predicted molar refractivity (Wildman–Crippen MR) is 87.4 cm³/mol. The molecule has 2 amide bonds. The number of benzene rings is 1. The molecule has 3 rings (SSSR count). The van der Waals surface area contributed by atoms with E-state index < -0.39 is 0 Å². The molecule has 8 nitrogen and oxygen atoms in total. The van der Waals surface area contributed by atoms with Gasteiger partial charge >= 0.3 is 0 Å². The number of amides is 2. The molecule has 1 aliphatic rings. The molecule has 2 aromatic rings. The van der Waals surface area contributed by atoms with Crippen molar-refractivity contribution in [2.24, 2.45) is 5.73 Å². The van der Waals surface area contributed by atoms with Crippen LogP contribution in [0, 0.1) is 5.82 Å². The van der Waals surface area contributed by atoms with Crippen LogP contribution in [0.5, 0.6) is 0 Å². The molecule has 25 heavy (non-hydrogen) atoms. The van der Waals surface area contributed by atoms with E-state index in [-0.39, 0.29) is 35.9 Å². The Bertz CT molecular complexity index is 760. The van der Waals surface area contributed by atoms with Crippen molar-refractivity contribution in [3.05, 3.63) is 42.0 Å². The van der Waals surface area contributed by atoms with Gasteiger partial charge in [0.1, 0.15) is 5.82 Å². The average molecular weight is 346 g/mol. The standard InChI is InChI=1S/C16H19FN6O2/c17-11-3-5-13(6-4-11)23-9-14(20-21-23)16(25)19-12-2-1-7-22(8-12)10-15(18)24/h3-6,9,12H,1-2,7-8,10H2,(H2,18,24)(H,19,25)/t12-/m1/s1. The van der Waals surface area contributed by atoms with Gasteiger partial charge in [0, 0.05) is 12.6 Å². The molecule has 1 atom stereocenters. The van der Waals surface area contributed by atoms with E-state index in [2.05, 4.69) is 15.6 Å². The number of aromatic nitrogens is 3. The van der Waals surface area contributed by atoms with Crippen LogP contribution in [-0.4, -0.2) is 57.4 Å². The van der Waals surface area contributed by atoms with Crippen molar-refractivity contribution >= 4 is 11.8 Å². The highest BCUT2D eigenvalue weighted by molar-refractivity contribution is 5.92. The summed E-state index contributed by atoms with van der Waals surface area (Å²) in [6.07, 6.45) is 3.19. The molecule has 1 fully saturated rings. The first-order chi connectivity index (χ1) is 12.0. The molecule has 1 aromatic carbocycles. The Morgan fingerprint density at radius 1 is 1.32 bits per heavy atom. The number of likely N-dealkylation sites (tertiary alicyclic amines) is 1. The highest BCUT2D eigenvalue weighted by Gasteiger charge is 2.23. The van der Waals surface area contributed by atoms with E-state index in [1.165, 1.54) is 23.0 Å². The lowest BCUT2D eigenvalue weighted by atomic mass is 10.1. The van der Waals surface area contributed by atoms with Crippen LogP contribution in [0.4, 0.5) is 4.39 Å². The van der Waals surface area contributed by atoms with E-state index in [4.69, 9.17) is 5.73 Å².